The number of halogens is 4. The highest BCUT2D eigenvalue weighted by atomic mass is 35.5. The molecule has 0 aliphatic heterocycles. The SMILES string of the molecule is O[C@H](CCl)c1cc(F)c(F)c(F)c1. The van der Waals surface area contributed by atoms with Crippen LogP contribution in [0, 0.1) is 17.5 Å². The quantitative estimate of drug-likeness (QED) is 0.587. The lowest BCUT2D eigenvalue weighted by atomic mass is 10.1. The van der Waals surface area contributed by atoms with Crippen LogP contribution >= 0.6 is 11.6 Å². The summed E-state index contributed by atoms with van der Waals surface area (Å²) in [5.41, 5.74) is -0.0774. The molecule has 1 rings (SSSR count). The molecule has 0 saturated heterocycles. The van der Waals surface area contributed by atoms with Crippen LogP contribution in [0.5, 0.6) is 0 Å². The van der Waals surface area contributed by atoms with Crippen molar-refractivity contribution in [2.24, 2.45) is 0 Å². The van der Waals surface area contributed by atoms with Gasteiger partial charge in [0.25, 0.3) is 0 Å². The Morgan fingerprint density at radius 3 is 2.08 bits per heavy atom. The van der Waals surface area contributed by atoms with Crippen LogP contribution in [0.3, 0.4) is 0 Å². The van der Waals surface area contributed by atoms with Gasteiger partial charge in [-0.05, 0) is 17.7 Å². The highest BCUT2D eigenvalue weighted by Gasteiger charge is 2.14. The maximum absolute atomic E-state index is 12.6. The molecule has 1 atom stereocenters. The third-order valence-corrected chi connectivity index (χ3v) is 1.83. The van der Waals surface area contributed by atoms with E-state index in [2.05, 4.69) is 0 Å². The molecule has 1 N–H and O–H groups in total. The summed E-state index contributed by atoms with van der Waals surface area (Å²) in [5.74, 6) is -4.42. The van der Waals surface area contributed by atoms with Crippen molar-refractivity contribution in [2.75, 3.05) is 5.88 Å². The minimum atomic E-state index is -1.55. The lowest BCUT2D eigenvalue weighted by molar-refractivity contribution is 0.201. The standard InChI is InChI=1S/C8H6ClF3O/c9-3-7(13)4-1-5(10)8(12)6(11)2-4/h1-2,7,13H,3H2/t7-/m1/s1. The van der Waals surface area contributed by atoms with Gasteiger partial charge < -0.3 is 5.11 Å². The van der Waals surface area contributed by atoms with Crippen molar-refractivity contribution in [3.63, 3.8) is 0 Å². The molecular formula is C8H6ClF3O. The van der Waals surface area contributed by atoms with E-state index in [0.29, 0.717) is 12.1 Å². The molecule has 0 fully saturated rings. The summed E-state index contributed by atoms with van der Waals surface area (Å²) < 4.78 is 37.5. The summed E-state index contributed by atoms with van der Waals surface area (Å²) in [5, 5.41) is 9.08. The molecule has 0 unspecified atom stereocenters. The fourth-order valence-corrected chi connectivity index (χ4v) is 1.03. The summed E-state index contributed by atoms with van der Waals surface area (Å²) >= 11 is 5.24. The molecule has 5 heteroatoms. The van der Waals surface area contributed by atoms with Crippen LogP contribution in [0.2, 0.25) is 0 Å². The summed E-state index contributed by atoms with van der Waals surface area (Å²) in [4.78, 5) is 0. The summed E-state index contributed by atoms with van der Waals surface area (Å²) in [6.45, 7) is 0. The highest BCUT2D eigenvalue weighted by Crippen LogP contribution is 2.19. The van der Waals surface area contributed by atoms with Crippen LogP contribution in [-0.4, -0.2) is 11.0 Å². The van der Waals surface area contributed by atoms with E-state index in [1.54, 1.807) is 0 Å². The largest absolute Gasteiger partial charge is 0.387 e. The van der Waals surface area contributed by atoms with Crippen LogP contribution in [0.15, 0.2) is 12.1 Å². The van der Waals surface area contributed by atoms with Crippen molar-refractivity contribution >= 4 is 11.6 Å². The van der Waals surface area contributed by atoms with Crippen LogP contribution in [-0.2, 0) is 0 Å². The Morgan fingerprint density at radius 1 is 1.23 bits per heavy atom. The van der Waals surface area contributed by atoms with E-state index in [0.717, 1.165) is 0 Å². The molecule has 0 aliphatic rings. The second-order valence-electron chi connectivity index (χ2n) is 2.47. The third-order valence-electron chi connectivity index (χ3n) is 1.54. The first-order valence-electron chi connectivity index (χ1n) is 3.44. The van der Waals surface area contributed by atoms with Gasteiger partial charge in [-0.2, -0.15) is 0 Å². The highest BCUT2D eigenvalue weighted by molar-refractivity contribution is 6.18. The third kappa shape index (κ3) is 2.14. The summed E-state index contributed by atoms with van der Waals surface area (Å²) in [7, 11) is 0. The number of benzene rings is 1. The van der Waals surface area contributed by atoms with E-state index in [9.17, 15) is 13.2 Å². The Labute approximate surface area is 77.8 Å². The maximum atomic E-state index is 12.6. The van der Waals surface area contributed by atoms with Gasteiger partial charge in [0.15, 0.2) is 17.5 Å². The second kappa shape index (κ2) is 3.98. The Bertz CT molecular complexity index is 293. The minimum absolute atomic E-state index is 0.0774. The molecule has 0 spiro atoms. The van der Waals surface area contributed by atoms with Crippen molar-refractivity contribution in [3.8, 4) is 0 Å². The maximum Gasteiger partial charge on any atom is 0.194 e. The Kier molecular flexibility index (Phi) is 3.17. The van der Waals surface area contributed by atoms with Gasteiger partial charge in [-0.25, -0.2) is 13.2 Å². The molecule has 0 heterocycles. The van der Waals surface area contributed by atoms with Crippen molar-refractivity contribution < 1.29 is 18.3 Å². The molecular weight excluding hydrogens is 205 g/mol. The van der Waals surface area contributed by atoms with Crippen LogP contribution < -0.4 is 0 Å². The number of hydrogen-bond acceptors (Lipinski definition) is 1. The van der Waals surface area contributed by atoms with Gasteiger partial charge in [0.1, 0.15) is 0 Å². The number of aliphatic hydroxyl groups is 1. The van der Waals surface area contributed by atoms with Crippen molar-refractivity contribution in [1.82, 2.24) is 0 Å². The Balaban J connectivity index is 3.13. The number of rotatable bonds is 2. The zero-order valence-electron chi connectivity index (χ0n) is 6.40. The summed E-state index contributed by atoms with van der Waals surface area (Å²) in [6.07, 6.45) is -1.19. The van der Waals surface area contributed by atoms with Crippen molar-refractivity contribution in [1.29, 1.82) is 0 Å². The van der Waals surface area contributed by atoms with Crippen LogP contribution in [0.4, 0.5) is 13.2 Å². The molecule has 72 valence electrons. The van der Waals surface area contributed by atoms with Crippen LogP contribution in [0.1, 0.15) is 11.7 Å². The van der Waals surface area contributed by atoms with Gasteiger partial charge >= 0.3 is 0 Å². The van der Waals surface area contributed by atoms with E-state index in [-0.39, 0.29) is 11.4 Å². The smallest absolute Gasteiger partial charge is 0.194 e. The predicted molar refractivity (Wildman–Crippen MR) is 42.0 cm³/mol. The molecule has 1 nitrogen and oxygen atoms in total. The van der Waals surface area contributed by atoms with E-state index in [1.165, 1.54) is 0 Å². The molecule has 0 bridgehead atoms. The van der Waals surface area contributed by atoms with Gasteiger partial charge in [-0.15, -0.1) is 11.6 Å². The molecule has 0 saturated carbocycles. The fraction of sp³-hybridized carbons (Fsp3) is 0.250. The topological polar surface area (TPSA) is 20.2 Å². The Hall–Kier alpha value is -0.740. The zero-order chi connectivity index (χ0) is 10.0. The molecule has 1 aromatic carbocycles. The predicted octanol–water partition coefficient (Wildman–Crippen LogP) is 2.38. The zero-order valence-corrected chi connectivity index (χ0v) is 7.15. The number of alkyl halides is 1. The van der Waals surface area contributed by atoms with Gasteiger partial charge in [0.05, 0.1) is 12.0 Å². The lowest BCUT2D eigenvalue weighted by Crippen LogP contribution is -2.02. The average molecular weight is 211 g/mol. The Morgan fingerprint density at radius 2 is 1.69 bits per heavy atom. The van der Waals surface area contributed by atoms with E-state index >= 15 is 0 Å². The van der Waals surface area contributed by atoms with Gasteiger partial charge in [0, 0.05) is 0 Å². The van der Waals surface area contributed by atoms with Crippen LogP contribution in [0.25, 0.3) is 0 Å². The molecule has 0 aliphatic carbocycles. The summed E-state index contributed by atoms with van der Waals surface area (Å²) in [6, 6.07) is 1.43. The van der Waals surface area contributed by atoms with Gasteiger partial charge in [0.2, 0.25) is 0 Å². The number of hydrogen-bond donors (Lipinski definition) is 1. The van der Waals surface area contributed by atoms with Gasteiger partial charge in [-0.3, -0.25) is 0 Å². The minimum Gasteiger partial charge on any atom is -0.387 e. The van der Waals surface area contributed by atoms with E-state index in [4.69, 9.17) is 16.7 Å². The van der Waals surface area contributed by atoms with Crippen molar-refractivity contribution in [3.05, 3.63) is 35.1 Å². The first-order valence-corrected chi connectivity index (χ1v) is 3.98. The average Bonchev–Trinajstić information content (AvgIpc) is 2.12. The first kappa shape index (κ1) is 10.3. The molecule has 1 aromatic rings. The number of aliphatic hydroxyl groups excluding tert-OH is 1. The second-order valence-corrected chi connectivity index (χ2v) is 2.78. The monoisotopic (exact) mass is 210 g/mol. The van der Waals surface area contributed by atoms with Crippen molar-refractivity contribution in [2.45, 2.75) is 6.10 Å². The molecule has 0 aromatic heterocycles. The van der Waals surface area contributed by atoms with Gasteiger partial charge in [-0.1, -0.05) is 0 Å². The van der Waals surface area contributed by atoms with E-state index < -0.39 is 23.6 Å². The fourth-order valence-electron chi connectivity index (χ4n) is 0.857. The molecule has 0 radical (unpaired) electrons. The first-order chi connectivity index (χ1) is 6.06. The van der Waals surface area contributed by atoms with E-state index in [1.807, 2.05) is 0 Å². The molecule has 0 amide bonds. The lowest BCUT2D eigenvalue weighted by Gasteiger charge is -2.07. The molecule has 13 heavy (non-hydrogen) atoms. The normalized spacial score (nSPS) is 13.0.